The molecular weight excluding hydrogens is 264 g/mol. The monoisotopic (exact) mass is 290 g/mol. The fourth-order valence-corrected chi connectivity index (χ4v) is 3.09. The smallest absolute Gasteiger partial charge is 0.122 e. The first-order valence-electron chi connectivity index (χ1n) is 8.09. The van der Waals surface area contributed by atoms with E-state index in [1.807, 2.05) is 0 Å². The standard InChI is InChI=1S/C17H26N2O2/c1-14(13-19-7-10-20-11-8-19)18-6-4-15-2-3-17-16(12-15)5-9-21-17/h2-3,12,14,18H,4-11,13H2,1H3. The number of rotatable bonds is 6. The van der Waals surface area contributed by atoms with Crippen LogP contribution in [0.3, 0.4) is 0 Å². The maximum atomic E-state index is 5.55. The molecule has 0 aliphatic carbocycles. The Bertz CT molecular complexity index is 458. The van der Waals surface area contributed by atoms with Crippen molar-refractivity contribution in [2.75, 3.05) is 46.0 Å². The maximum absolute atomic E-state index is 5.55. The van der Waals surface area contributed by atoms with Crippen LogP contribution in [-0.4, -0.2) is 56.9 Å². The van der Waals surface area contributed by atoms with Gasteiger partial charge in [-0.05, 0) is 37.1 Å². The molecule has 1 aromatic carbocycles. The SMILES string of the molecule is CC(CN1CCOCC1)NCCc1ccc2c(c1)CCO2. The minimum atomic E-state index is 0.529. The molecule has 0 bridgehead atoms. The molecule has 3 rings (SSSR count). The van der Waals surface area contributed by atoms with Gasteiger partial charge in [0.2, 0.25) is 0 Å². The first-order valence-corrected chi connectivity index (χ1v) is 8.09. The number of ether oxygens (including phenoxy) is 2. The van der Waals surface area contributed by atoms with Crippen molar-refractivity contribution >= 4 is 0 Å². The molecule has 4 nitrogen and oxygen atoms in total. The molecule has 1 aromatic rings. The van der Waals surface area contributed by atoms with E-state index in [0.29, 0.717) is 6.04 Å². The molecule has 4 heteroatoms. The van der Waals surface area contributed by atoms with Crippen molar-refractivity contribution in [3.05, 3.63) is 29.3 Å². The second kappa shape index (κ2) is 7.25. The summed E-state index contributed by atoms with van der Waals surface area (Å²) in [5.74, 6) is 1.08. The zero-order chi connectivity index (χ0) is 14.5. The van der Waals surface area contributed by atoms with Gasteiger partial charge in [-0.25, -0.2) is 0 Å². The fraction of sp³-hybridized carbons (Fsp3) is 0.647. The van der Waals surface area contributed by atoms with Gasteiger partial charge in [0.05, 0.1) is 19.8 Å². The van der Waals surface area contributed by atoms with Crippen LogP contribution in [0, 0.1) is 0 Å². The predicted molar refractivity (Wildman–Crippen MR) is 84.1 cm³/mol. The van der Waals surface area contributed by atoms with Gasteiger partial charge < -0.3 is 14.8 Å². The second-order valence-electron chi connectivity index (χ2n) is 6.06. The van der Waals surface area contributed by atoms with Crippen molar-refractivity contribution in [3.8, 4) is 5.75 Å². The highest BCUT2D eigenvalue weighted by Crippen LogP contribution is 2.25. The summed E-state index contributed by atoms with van der Waals surface area (Å²) in [6, 6.07) is 7.14. The Morgan fingerprint density at radius 2 is 2.10 bits per heavy atom. The van der Waals surface area contributed by atoms with Crippen molar-refractivity contribution < 1.29 is 9.47 Å². The lowest BCUT2D eigenvalue weighted by molar-refractivity contribution is 0.0344. The Kier molecular flexibility index (Phi) is 5.12. The Labute approximate surface area is 127 Å². The van der Waals surface area contributed by atoms with Gasteiger partial charge in [0.1, 0.15) is 5.75 Å². The van der Waals surface area contributed by atoms with Crippen LogP contribution >= 0.6 is 0 Å². The van der Waals surface area contributed by atoms with Crippen molar-refractivity contribution in [2.24, 2.45) is 0 Å². The molecule has 116 valence electrons. The van der Waals surface area contributed by atoms with E-state index in [-0.39, 0.29) is 0 Å². The molecule has 0 spiro atoms. The van der Waals surface area contributed by atoms with Crippen molar-refractivity contribution in [1.29, 1.82) is 0 Å². The number of morpholine rings is 1. The summed E-state index contributed by atoms with van der Waals surface area (Å²) in [5, 5.41) is 3.63. The molecule has 2 aliphatic heterocycles. The van der Waals surface area contributed by atoms with Gasteiger partial charge in [-0.2, -0.15) is 0 Å². The van der Waals surface area contributed by atoms with Crippen LogP contribution in [-0.2, 0) is 17.6 Å². The van der Waals surface area contributed by atoms with Crippen molar-refractivity contribution in [3.63, 3.8) is 0 Å². The molecule has 1 fully saturated rings. The molecule has 0 aromatic heterocycles. The number of nitrogens with one attached hydrogen (secondary N) is 1. The van der Waals surface area contributed by atoms with E-state index < -0.39 is 0 Å². The van der Waals surface area contributed by atoms with E-state index in [1.165, 1.54) is 11.1 Å². The molecule has 1 unspecified atom stereocenters. The topological polar surface area (TPSA) is 33.7 Å². The van der Waals surface area contributed by atoms with Gasteiger partial charge in [-0.3, -0.25) is 4.90 Å². The largest absolute Gasteiger partial charge is 0.493 e. The zero-order valence-corrected chi connectivity index (χ0v) is 12.9. The van der Waals surface area contributed by atoms with Crippen LogP contribution in [0.2, 0.25) is 0 Å². The van der Waals surface area contributed by atoms with Crippen LogP contribution in [0.1, 0.15) is 18.1 Å². The minimum absolute atomic E-state index is 0.529. The summed E-state index contributed by atoms with van der Waals surface area (Å²) < 4.78 is 10.9. The van der Waals surface area contributed by atoms with Crippen LogP contribution in [0.5, 0.6) is 5.75 Å². The summed E-state index contributed by atoms with van der Waals surface area (Å²) in [4.78, 5) is 2.48. The molecular formula is C17H26N2O2. The zero-order valence-electron chi connectivity index (χ0n) is 12.9. The van der Waals surface area contributed by atoms with Gasteiger partial charge in [0.25, 0.3) is 0 Å². The maximum Gasteiger partial charge on any atom is 0.122 e. The lowest BCUT2D eigenvalue weighted by atomic mass is 10.1. The highest BCUT2D eigenvalue weighted by molar-refractivity contribution is 5.39. The molecule has 0 saturated carbocycles. The molecule has 0 radical (unpaired) electrons. The van der Waals surface area contributed by atoms with E-state index in [9.17, 15) is 0 Å². The summed E-state index contributed by atoms with van der Waals surface area (Å²) in [7, 11) is 0. The molecule has 0 amide bonds. The molecule has 2 heterocycles. The van der Waals surface area contributed by atoms with Gasteiger partial charge in [-0.1, -0.05) is 12.1 Å². The quantitative estimate of drug-likeness (QED) is 0.860. The molecule has 2 aliphatic rings. The van der Waals surface area contributed by atoms with Crippen molar-refractivity contribution in [1.82, 2.24) is 10.2 Å². The van der Waals surface area contributed by atoms with Gasteiger partial charge >= 0.3 is 0 Å². The number of hydrogen-bond acceptors (Lipinski definition) is 4. The first-order chi connectivity index (χ1) is 10.3. The lowest BCUT2D eigenvalue weighted by Gasteiger charge is -2.29. The summed E-state index contributed by atoms with van der Waals surface area (Å²) in [6.45, 7) is 9.15. The van der Waals surface area contributed by atoms with E-state index in [4.69, 9.17) is 9.47 Å². The van der Waals surface area contributed by atoms with E-state index in [0.717, 1.165) is 64.6 Å². The van der Waals surface area contributed by atoms with Gasteiger partial charge in [0.15, 0.2) is 0 Å². The highest BCUT2D eigenvalue weighted by atomic mass is 16.5. The fourth-order valence-electron chi connectivity index (χ4n) is 3.09. The molecule has 1 N–H and O–H groups in total. The summed E-state index contributed by atoms with van der Waals surface area (Å²) in [5.41, 5.74) is 2.78. The summed E-state index contributed by atoms with van der Waals surface area (Å²) >= 11 is 0. The predicted octanol–water partition coefficient (Wildman–Crippen LogP) is 1.47. The Hall–Kier alpha value is -1.10. The van der Waals surface area contributed by atoms with Crippen LogP contribution < -0.4 is 10.1 Å². The van der Waals surface area contributed by atoms with Crippen molar-refractivity contribution in [2.45, 2.75) is 25.8 Å². The Morgan fingerprint density at radius 3 is 2.95 bits per heavy atom. The second-order valence-corrected chi connectivity index (χ2v) is 6.06. The van der Waals surface area contributed by atoms with Crippen LogP contribution in [0.15, 0.2) is 18.2 Å². The molecule has 1 atom stereocenters. The third-order valence-electron chi connectivity index (χ3n) is 4.30. The van der Waals surface area contributed by atoms with Crippen LogP contribution in [0.25, 0.3) is 0 Å². The van der Waals surface area contributed by atoms with E-state index in [2.05, 4.69) is 35.3 Å². The Morgan fingerprint density at radius 1 is 1.24 bits per heavy atom. The Balaban J connectivity index is 1.39. The number of nitrogens with zero attached hydrogens (tertiary/aromatic N) is 1. The average Bonchev–Trinajstić information content (AvgIpc) is 2.96. The normalized spacial score (nSPS) is 20.0. The third-order valence-corrected chi connectivity index (χ3v) is 4.30. The lowest BCUT2D eigenvalue weighted by Crippen LogP contribution is -2.44. The first kappa shape index (κ1) is 14.8. The highest BCUT2D eigenvalue weighted by Gasteiger charge is 2.14. The van der Waals surface area contributed by atoms with E-state index in [1.54, 1.807) is 0 Å². The molecule has 1 saturated heterocycles. The molecule has 21 heavy (non-hydrogen) atoms. The van der Waals surface area contributed by atoms with Gasteiger partial charge in [0, 0.05) is 32.1 Å². The number of benzene rings is 1. The van der Waals surface area contributed by atoms with E-state index >= 15 is 0 Å². The number of hydrogen-bond donors (Lipinski definition) is 1. The minimum Gasteiger partial charge on any atom is -0.493 e. The number of fused-ring (bicyclic) bond motifs is 1. The third kappa shape index (κ3) is 4.19. The van der Waals surface area contributed by atoms with Crippen LogP contribution in [0.4, 0.5) is 0 Å². The average molecular weight is 290 g/mol. The summed E-state index contributed by atoms with van der Waals surface area (Å²) in [6.07, 6.45) is 2.14. The van der Waals surface area contributed by atoms with Gasteiger partial charge in [-0.15, -0.1) is 0 Å².